The lowest BCUT2D eigenvalue weighted by molar-refractivity contribution is -0.139. The lowest BCUT2D eigenvalue weighted by Crippen LogP contribution is -2.38. The number of hydrogen-bond acceptors (Lipinski definition) is 5. The van der Waals surface area contributed by atoms with E-state index in [4.69, 9.17) is 11.1 Å². The van der Waals surface area contributed by atoms with Crippen LogP contribution in [0, 0.1) is 5.41 Å². The molecule has 8 heteroatoms. The average molecular weight is 349 g/mol. The van der Waals surface area contributed by atoms with Crippen molar-refractivity contribution in [2.45, 2.75) is 56.2 Å². The van der Waals surface area contributed by atoms with Gasteiger partial charge in [0.25, 0.3) is 0 Å². The molecule has 1 unspecified atom stereocenters. The van der Waals surface area contributed by atoms with Crippen LogP contribution in [-0.4, -0.2) is 47.2 Å². The van der Waals surface area contributed by atoms with Crippen molar-refractivity contribution in [1.29, 1.82) is 5.41 Å². The molecule has 0 aromatic carbocycles. The number of aliphatic carboxylic acids is 1. The maximum atomic E-state index is 11.2. The predicted octanol–water partition coefficient (Wildman–Crippen LogP) is 2.01. The molecule has 1 heterocycles. The summed E-state index contributed by atoms with van der Waals surface area (Å²) in [6.07, 6.45) is 7.28. The van der Waals surface area contributed by atoms with E-state index in [2.05, 4.69) is 10.6 Å². The molecule has 0 amide bonds. The maximum Gasteiger partial charge on any atom is 0.320 e. The van der Waals surface area contributed by atoms with Gasteiger partial charge in [0.1, 0.15) is 6.04 Å². The number of carboxylic acids is 1. The Balaban J connectivity index is 2.00. The van der Waals surface area contributed by atoms with Gasteiger partial charge >= 0.3 is 5.97 Å². The van der Waals surface area contributed by atoms with Crippen molar-refractivity contribution in [3.8, 4) is 0 Å². The molecule has 1 aliphatic heterocycles. The lowest BCUT2D eigenvalue weighted by Gasteiger charge is -2.14. The molecule has 0 aliphatic carbocycles. The Kier molecular flexibility index (Phi) is 10.5. The van der Waals surface area contributed by atoms with Crippen molar-refractivity contribution in [3.63, 3.8) is 0 Å². The molecule has 0 aromatic rings. The monoisotopic (exact) mass is 348 g/mol. The van der Waals surface area contributed by atoms with Gasteiger partial charge in [0.2, 0.25) is 0 Å². The SMILES string of the molecule is N=C(N)NCCC[C@H](NCCCCCC1CCSS1)C(=O)O. The van der Waals surface area contributed by atoms with E-state index in [0.717, 1.165) is 24.6 Å². The molecule has 1 fully saturated rings. The Morgan fingerprint density at radius 3 is 2.77 bits per heavy atom. The molecule has 0 radical (unpaired) electrons. The minimum atomic E-state index is -0.804. The van der Waals surface area contributed by atoms with E-state index in [9.17, 15) is 9.90 Å². The quantitative estimate of drug-likeness (QED) is 0.159. The van der Waals surface area contributed by atoms with Crippen LogP contribution in [0.1, 0.15) is 44.9 Å². The van der Waals surface area contributed by atoms with Crippen LogP contribution in [0.3, 0.4) is 0 Å². The highest BCUT2D eigenvalue weighted by Crippen LogP contribution is 2.39. The van der Waals surface area contributed by atoms with Gasteiger partial charge < -0.3 is 21.5 Å². The highest BCUT2D eigenvalue weighted by molar-refractivity contribution is 8.77. The first-order valence-electron chi connectivity index (χ1n) is 7.92. The van der Waals surface area contributed by atoms with E-state index >= 15 is 0 Å². The second-order valence-corrected chi connectivity index (χ2v) is 8.29. The summed E-state index contributed by atoms with van der Waals surface area (Å²) in [6.45, 7) is 1.29. The highest BCUT2D eigenvalue weighted by atomic mass is 33.1. The molecule has 128 valence electrons. The van der Waals surface area contributed by atoms with Gasteiger partial charge in [-0.05, 0) is 38.6 Å². The standard InChI is InChI=1S/C14H28N4O2S2/c15-14(16)18-9-4-6-12(13(19)20)17-8-3-1-2-5-11-7-10-21-22-11/h11-12,17H,1-10H2,(H,19,20)(H4,15,16,18)/t11?,12-/m0/s1. The van der Waals surface area contributed by atoms with Crippen LogP contribution >= 0.6 is 21.6 Å². The van der Waals surface area contributed by atoms with Crippen molar-refractivity contribution in [1.82, 2.24) is 10.6 Å². The minimum Gasteiger partial charge on any atom is -0.480 e. The zero-order valence-corrected chi connectivity index (χ0v) is 14.6. The molecular formula is C14H28N4O2S2. The first-order chi connectivity index (χ1) is 10.6. The predicted molar refractivity (Wildman–Crippen MR) is 95.5 cm³/mol. The number of carbonyl (C=O) groups is 1. The molecule has 22 heavy (non-hydrogen) atoms. The third-order valence-corrected chi connectivity index (χ3v) is 6.61. The molecule has 1 aliphatic rings. The largest absolute Gasteiger partial charge is 0.480 e. The molecule has 0 bridgehead atoms. The van der Waals surface area contributed by atoms with Gasteiger partial charge in [0.15, 0.2) is 5.96 Å². The second-order valence-electron chi connectivity index (χ2n) is 5.51. The van der Waals surface area contributed by atoms with Gasteiger partial charge in [-0.25, -0.2) is 0 Å². The van der Waals surface area contributed by atoms with Gasteiger partial charge in [-0.3, -0.25) is 10.2 Å². The highest BCUT2D eigenvalue weighted by Gasteiger charge is 2.17. The summed E-state index contributed by atoms with van der Waals surface area (Å²) >= 11 is 0. The molecular weight excluding hydrogens is 320 g/mol. The normalized spacial score (nSPS) is 19.0. The zero-order chi connectivity index (χ0) is 16.2. The fourth-order valence-electron chi connectivity index (χ4n) is 2.36. The Hall–Kier alpha value is -0.600. The van der Waals surface area contributed by atoms with E-state index in [0.29, 0.717) is 19.4 Å². The van der Waals surface area contributed by atoms with Crippen LogP contribution < -0.4 is 16.4 Å². The molecule has 1 rings (SSSR count). The summed E-state index contributed by atoms with van der Waals surface area (Å²) < 4.78 is 0. The fraction of sp³-hybridized carbons (Fsp3) is 0.857. The van der Waals surface area contributed by atoms with E-state index < -0.39 is 12.0 Å². The second kappa shape index (κ2) is 11.9. The summed E-state index contributed by atoms with van der Waals surface area (Å²) in [7, 11) is 4.00. The minimum absolute atomic E-state index is 0.0707. The Bertz CT molecular complexity index is 339. The lowest BCUT2D eigenvalue weighted by atomic mass is 10.1. The van der Waals surface area contributed by atoms with Gasteiger partial charge in [-0.1, -0.05) is 34.4 Å². The van der Waals surface area contributed by atoms with E-state index in [1.165, 1.54) is 25.0 Å². The number of hydrogen-bond donors (Lipinski definition) is 5. The Morgan fingerprint density at radius 1 is 1.32 bits per heavy atom. The number of guanidine groups is 1. The van der Waals surface area contributed by atoms with Gasteiger partial charge in [0.05, 0.1) is 0 Å². The molecule has 0 spiro atoms. The Morgan fingerprint density at radius 2 is 2.14 bits per heavy atom. The van der Waals surface area contributed by atoms with Crippen LogP contribution in [-0.2, 0) is 4.79 Å². The van der Waals surface area contributed by atoms with E-state index in [1.54, 1.807) is 0 Å². The van der Waals surface area contributed by atoms with Crippen LogP contribution in [0.5, 0.6) is 0 Å². The molecule has 0 aromatic heterocycles. The number of carboxylic acid groups (broad SMARTS) is 1. The molecule has 1 saturated heterocycles. The van der Waals surface area contributed by atoms with Crippen molar-refractivity contribution >= 4 is 33.5 Å². The van der Waals surface area contributed by atoms with Crippen LogP contribution in [0.25, 0.3) is 0 Å². The first-order valence-corrected chi connectivity index (χ1v) is 10.3. The van der Waals surface area contributed by atoms with Crippen molar-refractivity contribution in [2.75, 3.05) is 18.8 Å². The first kappa shape index (κ1) is 19.4. The zero-order valence-electron chi connectivity index (χ0n) is 13.0. The molecule has 2 atom stereocenters. The van der Waals surface area contributed by atoms with Gasteiger partial charge in [0, 0.05) is 17.5 Å². The van der Waals surface area contributed by atoms with E-state index in [1.807, 2.05) is 21.6 Å². The smallest absolute Gasteiger partial charge is 0.320 e. The fourth-order valence-corrected chi connectivity index (χ4v) is 5.38. The summed E-state index contributed by atoms with van der Waals surface area (Å²) in [5.74, 6) is 0.413. The molecule has 0 saturated carbocycles. The third kappa shape index (κ3) is 9.42. The summed E-state index contributed by atoms with van der Waals surface area (Å²) in [5, 5.41) is 22.8. The average Bonchev–Trinajstić information content (AvgIpc) is 2.97. The van der Waals surface area contributed by atoms with Gasteiger partial charge in [-0.2, -0.15) is 0 Å². The third-order valence-electron chi connectivity index (χ3n) is 3.60. The number of rotatable bonds is 12. The molecule has 6 N–H and O–H groups in total. The summed E-state index contributed by atoms with van der Waals surface area (Å²) in [4.78, 5) is 11.2. The van der Waals surface area contributed by atoms with E-state index in [-0.39, 0.29) is 5.96 Å². The Labute approximate surface area is 140 Å². The maximum absolute atomic E-state index is 11.2. The van der Waals surface area contributed by atoms with Gasteiger partial charge in [-0.15, -0.1) is 0 Å². The van der Waals surface area contributed by atoms with Crippen molar-refractivity contribution in [3.05, 3.63) is 0 Å². The number of unbranched alkanes of at least 4 members (excludes halogenated alkanes) is 2. The van der Waals surface area contributed by atoms with Crippen LogP contribution in [0.4, 0.5) is 0 Å². The van der Waals surface area contributed by atoms with Crippen LogP contribution in [0.15, 0.2) is 0 Å². The number of nitrogens with two attached hydrogens (primary N) is 1. The van der Waals surface area contributed by atoms with Crippen molar-refractivity contribution < 1.29 is 9.90 Å². The summed E-state index contributed by atoms with van der Waals surface area (Å²) in [6, 6.07) is -0.504. The van der Waals surface area contributed by atoms with Crippen molar-refractivity contribution in [2.24, 2.45) is 5.73 Å². The van der Waals surface area contributed by atoms with Crippen LogP contribution in [0.2, 0.25) is 0 Å². The molecule has 6 nitrogen and oxygen atoms in total. The topological polar surface area (TPSA) is 111 Å². The number of nitrogens with one attached hydrogen (secondary N) is 3. The summed E-state index contributed by atoms with van der Waals surface area (Å²) in [5.41, 5.74) is 5.18.